The number of fused-ring (bicyclic) bond motifs is 2. The van der Waals surface area contributed by atoms with Gasteiger partial charge in [0.1, 0.15) is 0 Å². The Morgan fingerprint density at radius 3 is 2.77 bits per heavy atom. The van der Waals surface area contributed by atoms with Crippen molar-refractivity contribution in [1.82, 2.24) is 5.43 Å². The van der Waals surface area contributed by atoms with Crippen LogP contribution in [0.25, 0.3) is 0 Å². The van der Waals surface area contributed by atoms with Gasteiger partial charge >= 0.3 is 0 Å². The number of hydrogen-bond donors (Lipinski definition) is 1. The third-order valence-electron chi connectivity index (χ3n) is 5.71. The first kappa shape index (κ1) is 20.3. The Morgan fingerprint density at radius 1 is 1.33 bits per heavy atom. The molecule has 0 saturated carbocycles. The highest BCUT2D eigenvalue weighted by molar-refractivity contribution is 7.10. The molecule has 1 atom stereocenters. The minimum absolute atomic E-state index is 0.0170. The first-order valence-corrected chi connectivity index (χ1v) is 10.6. The average molecular weight is 429 g/mol. The second-order valence-electron chi connectivity index (χ2n) is 8.58. The van der Waals surface area contributed by atoms with Crippen molar-refractivity contribution in [2.75, 3.05) is 6.79 Å². The number of nitrogens with zero attached hydrogens (tertiary/aromatic N) is 2. The maximum Gasteiger partial charge on any atom is 0.282 e. The van der Waals surface area contributed by atoms with Crippen LogP contribution in [0.2, 0.25) is 0 Å². The lowest BCUT2D eigenvalue weighted by molar-refractivity contribution is -0.385. The summed E-state index contributed by atoms with van der Waals surface area (Å²) in [5.41, 5.74) is 4.54. The molecule has 1 aromatic carbocycles. The van der Waals surface area contributed by atoms with E-state index in [1.54, 1.807) is 11.3 Å². The molecule has 2 aliphatic rings. The standard InChI is InChI=1S/C21H23N3O5S/c1-21(2,3)13-4-5-14-15(10-30-19(14)7-13)20(25)23-22-9-12-6-17-18(29-11-28-17)8-16(12)24(26)27/h6,8-10,13H,4-5,7,11H2,1-3H3,(H,23,25)/b22-9+. The average Bonchev–Trinajstić information content (AvgIpc) is 3.32. The van der Waals surface area contributed by atoms with Crippen molar-refractivity contribution in [3.63, 3.8) is 0 Å². The molecule has 0 saturated heterocycles. The molecule has 1 aliphatic heterocycles. The van der Waals surface area contributed by atoms with Gasteiger partial charge in [0.05, 0.1) is 28.3 Å². The van der Waals surface area contributed by atoms with Crippen molar-refractivity contribution >= 4 is 29.1 Å². The lowest BCUT2D eigenvalue weighted by Gasteiger charge is -2.33. The largest absolute Gasteiger partial charge is 0.454 e. The van der Waals surface area contributed by atoms with Gasteiger partial charge < -0.3 is 9.47 Å². The normalized spacial score (nSPS) is 17.8. The van der Waals surface area contributed by atoms with Gasteiger partial charge in [-0.15, -0.1) is 11.3 Å². The molecule has 1 amide bonds. The van der Waals surface area contributed by atoms with Gasteiger partial charge in [-0.25, -0.2) is 5.43 Å². The molecule has 0 fully saturated rings. The Morgan fingerprint density at radius 2 is 2.07 bits per heavy atom. The third-order valence-corrected chi connectivity index (χ3v) is 6.76. The highest BCUT2D eigenvalue weighted by atomic mass is 32.1. The number of rotatable bonds is 4. The van der Waals surface area contributed by atoms with Crippen LogP contribution in [0.3, 0.4) is 0 Å². The molecule has 158 valence electrons. The summed E-state index contributed by atoms with van der Waals surface area (Å²) >= 11 is 1.62. The Balaban J connectivity index is 1.49. The van der Waals surface area contributed by atoms with E-state index in [0.29, 0.717) is 23.0 Å². The summed E-state index contributed by atoms with van der Waals surface area (Å²) in [6, 6.07) is 2.78. The fraction of sp³-hybridized carbons (Fsp3) is 0.429. The van der Waals surface area contributed by atoms with Gasteiger partial charge in [0.25, 0.3) is 11.6 Å². The van der Waals surface area contributed by atoms with Crippen LogP contribution >= 0.6 is 11.3 Å². The van der Waals surface area contributed by atoms with Crippen LogP contribution in [-0.4, -0.2) is 23.8 Å². The highest BCUT2D eigenvalue weighted by Gasteiger charge is 2.31. The van der Waals surface area contributed by atoms with E-state index in [0.717, 1.165) is 24.8 Å². The fourth-order valence-corrected chi connectivity index (χ4v) is 5.03. The molecular weight excluding hydrogens is 406 g/mol. The van der Waals surface area contributed by atoms with Crippen LogP contribution < -0.4 is 14.9 Å². The van der Waals surface area contributed by atoms with E-state index < -0.39 is 4.92 Å². The second kappa shape index (κ2) is 7.71. The fourth-order valence-electron chi connectivity index (χ4n) is 3.87. The molecular formula is C21H23N3O5S. The zero-order valence-corrected chi connectivity index (χ0v) is 17.9. The summed E-state index contributed by atoms with van der Waals surface area (Å²) in [4.78, 5) is 24.7. The van der Waals surface area contributed by atoms with Gasteiger partial charge in [0.15, 0.2) is 11.5 Å². The van der Waals surface area contributed by atoms with E-state index in [-0.39, 0.29) is 29.4 Å². The van der Waals surface area contributed by atoms with Crippen molar-refractivity contribution in [3.8, 4) is 11.5 Å². The smallest absolute Gasteiger partial charge is 0.282 e. The lowest BCUT2D eigenvalue weighted by Crippen LogP contribution is -2.27. The number of nitrogens with one attached hydrogen (secondary N) is 1. The molecule has 2 aromatic rings. The zero-order chi connectivity index (χ0) is 21.5. The van der Waals surface area contributed by atoms with E-state index in [1.807, 2.05) is 5.38 Å². The highest BCUT2D eigenvalue weighted by Crippen LogP contribution is 2.40. The van der Waals surface area contributed by atoms with Crippen LogP contribution in [-0.2, 0) is 12.8 Å². The number of carbonyl (C=O) groups is 1. The summed E-state index contributed by atoms with van der Waals surface area (Å²) in [5.74, 6) is 1.03. The molecule has 4 rings (SSSR count). The number of hydrazone groups is 1. The molecule has 1 unspecified atom stereocenters. The molecule has 0 radical (unpaired) electrons. The molecule has 30 heavy (non-hydrogen) atoms. The monoisotopic (exact) mass is 429 g/mol. The summed E-state index contributed by atoms with van der Waals surface area (Å²) < 4.78 is 10.4. The molecule has 1 N–H and O–H groups in total. The Bertz CT molecular complexity index is 1040. The third kappa shape index (κ3) is 3.89. The van der Waals surface area contributed by atoms with Gasteiger partial charge in [0.2, 0.25) is 6.79 Å². The topological polar surface area (TPSA) is 103 Å². The van der Waals surface area contributed by atoms with Gasteiger partial charge in [-0.1, -0.05) is 20.8 Å². The minimum atomic E-state index is -0.522. The lowest BCUT2D eigenvalue weighted by atomic mass is 9.72. The van der Waals surface area contributed by atoms with Crippen LogP contribution in [0.5, 0.6) is 11.5 Å². The van der Waals surface area contributed by atoms with Crippen LogP contribution in [0.4, 0.5) is 5.69 Å². The molecule has 2 heterocycles. The summed E-state index contributed by atoms with van der Waals surface area (Å²) in [5, 5.41) is 17.2. The van der Waals surface area contributed by atoms with Crippen LogP contribution in [0, 0.1) is 21.4 Å². The molecule has 0 bridgehead atoms. The number of nitro benzene ring substituents is 1. The predicted octanol–water partition coefficient (Wildman–Crippen LogP) is 4.30. The SMILES string of the molecule is CC(C)(C)C1CCc2c(C(=O)N/N=C/c3cc4c(cc3[N+](=O)[O-])OCO4)csc2C1. The van der Waals surface area contributed by atoms with Crippen molar-refractivity contribution in [1.29, 1.82) is 0 Å². The van der Waals surface area contributed by atoms with Crippen molar-refractivity contribution < 1.29 is 19.2 Å². The Kier molecular flexibility index (Phi) is 5.23. The summed E-state index contributed by atoms with van der Waals surface area (Å²) in [7, 11) is 0. The molecule has 1 aliphatic carbocycles. The van der Waals surface area contributed by atoms with E-state index in [1.165, 1.54) is 23.2 Å². The number of nitro groups is 1. The van der Waals surface area contributed by atoms with Crippen molar-refractivity contribution in [3.05, 3.63) is 49.2 Å². The predicted molar refractivity (Wildman–Crippen MR) is 114 cm³/mol. The number of amides is 1. The first-order valence-electron chi connectivity index (χ1n) is 9.74. The number of carbonyl (C=O) groups excluding carboxylic acids is 1. The molecule has 8 nitrogen and oxygen atoms in total. The van der Waals surface area contributed by atoms with Gasteiger partial charge in [-0.05, 0) is 42.2 Å². The Labute approximate surface area is 178 Å². The van der Waals surface area contributed by atoms with E-state index >= 15 is 0 Å². The van der Waals surface area contributed by atoms with E-state index in [2.05, 4.69) is 31.3 Å². The number of ether oxygens (including phenoxy) is 2. The van der Waals surface area contributed by atoms with Crippen LogP contribution in [0.15, 0.2) is 22.6 Å². The number of thiophene rings is 1. The van der Waals surface area contributed by atoms with Gasteiger partial charge in [-0.3, -0.25) is 14.9 Å². The molecule has 9 heteroatoms. The first-order chi connectivity index (χ1) is 14.2. The quantitative estimate of drug-likeness (QED) is 0.443. The number of benzene rings is 1. The van der Waals surface area contributed by atoms with Crippen molar-refractivity contribution in [2.24, 2.45) is 16.4 Å². The van der Waals surface area contributed by atoms with Gasteiger partial charge in [-0.2, -0.15) is 5.10 Å². The van der Waals surface area contributed by atoms with E-state index in [9.17, 15) is 14.9 Å². The number of hydrogen-bond acceptors (Lipinski definition) is 7. The second-order valence-corrected chi connectivity index (χ2v) is 9.54. The molecule has 1 aromatic heterocycles. The zero-order valence-electron chi connectivity index (χ0n) is 17.1. The summed E-state index contributed by atoms with van der Waals surface area (Å²) in [6.45, 7) is 6.79. The van der Waals surface area contributed by atoms with Crippen molar-refractivity contribution in [2.45, 2.75) is 40.0 Å². The molecule has 0 spiro atoms. The minimum Gasteiger partial charge on any atom is -0.454 e. The Hall–Kier alpha value is -2.94. The van der Waals surface area contributed by atoms with Gasteiger partial charge in [0, 0.05) is 10.3 Å². The van der Waals surface area contributed by atoms with Crippen LogP contribution in [0.1, 0.15) is 53.6 Å². The maximum atomic E-state index is 12.7. The van der Waals surface area contributed by atoms with E-state index in [4.69, 9.17) is 9.47 Å². The summed E-state index contributed by atoms with van der Waals surface area (Å²) in [6.07, 6.45) is 4.18. The maximum absolute atomic E-state index is 12.7.